The predicted octanol–water partition coefficient (Wildman–Crippen LogP) is 5.39. The molecule has 0 saturated heterocycles. The molecule has 3 aromatic heterocycles. The summed E-state index contributed by atoms with van der Waals surface area (Å²) in [6.07, 6.45) is 2.20. The number of rotatable bonds is 9. The van der Waals surface area contributed by atoms with Crippen LogP contribution in [0.5, 0.6) is 5.75 Å². The molecule has 11 heteroatoms. The van der Waals surface area contributed by atoms with Gasteiger partial charge in [-0.1, -0.05) is 17.7 Å². The van der Waals surface area contributed by atoms with Gasteiger partial charge in [-0.05, 0) is 63.3 Å². The molecular formula is C30H26ClN5O4S. The van der Waals surface area contributed by atoms with E-state index in [2.05, 4.69) is 16.0 Å². The van der Waals surface area contributed by atoms with Gasteiger partial charge in [0.05, 0.1) is 38.8 Å². The summed E-state index contributed by atoms with van der Waals surface area (Å²) < 4.78 is 8.40. The first-order chi connectivity index (χ1) is 19.7. The molecule has 1 N–H and O–H groups in total. The Morgan fingerprint density at radius 1 is 1.22 bits per heavy atom. The number of aromatic carboxylic acids is 1. The van der Waals surface area contributed by atoms with E-state index in [1.807, 2.05) is 25.1 Å². The molecule has 0 amide bonds. The molecule has 41 heavy (non-hydrogen) atoms. The van der Waals surface area contributed by atoms with Crippen LogP contribution in [-0.2, 0) is 13.0 Å². The van der Waals surface area contributed by atoms with Crippen LogP contribution in [0.3, 0.4) is 0 Å². The zero-order valence-corrected chi connectivity index (χ0v) is 24.2. The zero-order chi connectivity index (χ0) is 29.3. The number of carboxylic acid groups (broad SMARTS) is 1. The fourth-order valence-electron chi connectivity index (χ4n) is 4.79. The Hall–Kier alpha value is -4.30. The van der Waals surface area contributed by atoms with Gasteiger partial charge in [-0.2, -0.15) is 5.26 Å². The summed E-state index contributed by atoms with van der Waals surface area (Å²) in [6.45, 7) is 2.85. The second-order valence-electron chi connectivity index (χ2n) is 9.75. The molecule has 2 aromatic carbocycles. The van der Waals surface area contributed by atoms with Crippen molar-refractivity contribution in [3.05, 3.63) is 85.9 Å². The Morgan fingerprint density at radius 3 is 2.76 bits per heavy atom. The highest BCUT2D eigenvalue weighted by atomic mass is 35.5. The molecule has 0 unspecified atom stereocenters. The van der Waals surface area contributed by atoms with Crippen molar-refractivity contribution in [2.75, 3.05) is 27.2 Å². The van der Waals surface area contributed by atoms with Crippen molar-refractivity contribution in [3.8, 4) is 22.9 Å². The van der Waals surface area contributed by atoms with Gasteiger partial charge in [-0.3, -0.25) is 14.3 Å². The molecule has 0 bridgehead atoms. The van der Waals surface area contributed by atoms with Gasteiger partial charge in [0.1, 0.15) is 24.3 Å². The zero-order valence-electron chi connectivity index (χ0n) is 22.6. The molecule has 208 valence electrons. The number of ether oxygens (including phenoxy) is 1. The summed E-state index contributed by atoms with van der Waals surface area (Å²) in [4.78, 5) is 36.2. The lowest BCUT2D eigenvalue weighted by molar-refractivity contribution is 0.0699. The minimum atomic E-state index is -1.04. The first-order valence-electron chi connectivity index (χ1n) is 12.8. The maximum Gasteiger partial charge on any atom is 0.338 e. The highest BCUT2D eigenvalue weighted by Gasteiger charge is 2.19. The number of benzene rings is 2. The molecule has 0 aliphatic rings. The lowest BCUT2D eigenvalue weighted by atomic mass is 10.0. The van der Waals surface area contributed by atoms with Gasteiger partial charge in [0.15, 0.2) is 0 Å². The van der Waals surface area contributed by atoms with Gasteiger partial charge in [-0.15, -0.1) is 11.3 Å². The first-order valence-corrected chi connectivity index (χ1v) is 14.1. The van der Waals surface area contributed by atoms with Gasteiger partial charge < -0.3 is 14.7 Å². The van der Waals surface area contributed by atoms with Gasteiger partial charge in [0.2, 0.25) is 0 Å². The molecule has 0 saturated carbocycles. The van der Waals surface area contributed by atoms with E-state index >= 15 is 0 Å². The monoisotopic (exact) mass is 587 g/mol. The topological polar surface area (TPSA) is 121 Å². The van der Waals surface area contributed by atoms with Crippen molar-refractivity contribution in [1.29, 1.82) is 5.26 Å². The van der Waals surface area contributed by atoms with Crippen molar-refractivity contribution in [2.45, 2.75) is 19.9 Å². The van der Waals surface area contributed by atoms with Crippen molar-refractivity contribution >= 4 is 50.0 Å². The van der Waals surface area contributed by atoms with Crippen LogP contribution in [0.2, 0.25) is 5.02 Å². The average Bonchev–Trinajstić information content (AvgIpc) is 3.39. The number of halogens is 1. The normalized spacial score (nSPS) is 11.3. The summed E-state index contributed by atoms with van der Waals surface area (Å²) in [7, 11) is 3.92. The summed E-state index contributed by atoms with van der Waals surface area (Å²) in [6, 6.07) is 12.9. The largest absolute Gasteiger partial charge is 0.491 e. The summed E-state index contributed by atoms with van der Waals surface area (Å²) in [5, 5.41) is 21.9. The molecule has 0 aliphatic carbocycles. The smallest absolute Gasteiger partial charge is 0.338 e. The molecule has 5 rings (SSSR count). The fourth-order valence-corrected chi connectivity index (χ4v) is 5.99. The number of pyridine rings is 1. The number of thiophene rings is 1. The molecule has 5 aromatic rings. The van der Waals surface area contributed by atoms with E-state index in [-0.39, 0.29) is 24.3 Å². The van der Waals surface area contributed by atoms with Crippen molar-refractivity contribution in [3.63, 3.8) is 0 Å². The van der Waals surface area contributed by atoms with Gasteiger partial charge in [0.25, 0.3) is 5.56 Å². The second-order valence-corrected chi connectivity index (χ2v) is 11.1. The molecule has 3 heterocycles. The van der Waals surface area contributed by atoms with Crippen LogP contribution in [0.15, 0.2) is 52.8 Å². The average molecular weight is 588 g/mol. The molecule has 0 aliphatic heterocycles. The van der Waals surface area contributed by atoms with Crippen molar-refractivity contribution in [2.24, 2.45) is 0 Å². The van der Waals surface area contributed by atoms with Gasteiger partial charge in [-0.25, -0.2) is 9.78 Å². The maximum absolute atomic E-state index is 13.6. The van der Waals surface area contributed by atoms with Crippen LogP contribution in [-0.4, -0.2) is 57.8 Å². The summed E-state index contributed by atoms with van der Waals surface area (Å²) in [5.41, 5.74) is 3.34. The first kappa shape index (κ1) is 28.2. The maximum atomic E-state index is 13.6. The van der Waals surface area contributed by atoms with E-state index in [0.717, 1.165) is 17.7 Å². The highest BCUT2D eigenvalue weighted by molar-refractivity contribution is 7.18. The minimum Gasteiger partial charge on any atom is -0.491 e. The number of nitrogens with zero attached hydrogens (tertiary/aromatic N) is 5. The number of hydrogen-bond donors (Lipinski definition) is 1. The van der Waals surface area contributed by atoms with Crippen LogP contribution in [0.25, 0.3) is 32.2 Å². The standard InChI is InChI=1S/C30H26ClN5O4S/c1-17-34-24-6-4-18(9-11-35(2)3)22(15-32)26(24)29(37)36(17)12-13-40-25-7-5-19(31)14-21(25)20-8-10-33-27-23(30(38)39)16-41-28(20)27/h4-8,10,14,16H,9,11-13H2,1-3H3,(H,38,39). The molecule has 0 fully saturated rings. The Bertz CT molecular complexity index is 1910. The Morgan fingerprint density at radius 2 is 2.02 bits per heavy atom. The van der Waals surface area contributed by atoms with E-state index in [1.54, 1.807) is 48.8 Å². The van der Waals surface area contributed by atoms with Crippen LogP contribution in [0, 0.1) is 18.3 Å². The summed E-state index contributed by atoms with van der Waals surface area (Å²) >= 11 is 7.63. The van der Waals surface area contributed by atoms with E-state index in [4.69, 9.17) is 16.3 Å². The predicted molar refractivity (Wildman–Crippen MR) is 160 cm³/mol. The second kappa shape index (κ2) is 11.7. The minimum absolute atomic E-state index is 0.136. The number of aromatic nitrogens is 3. The van der Waals surface area contributed by atoms with Crippen molar-refractivity contribution < 1.29 is 14.6 Å². The van der Waals surface area contributed by atoms with Crippen LogP contribution in [0.1, 0.15) is 27.3 Å². The number of carbonyl (C=O) groups is 1. The fraction of sp³-hybridized carbons (Fsp3) is 0.233. The Labute approximate surface area is 244 Å². The van der Waals surface area contributed by atoms with Crippen molar-refractivity contribution in [1.82, 2.24) is 19.4 Å². The number of likely N-dealkylation sites (N-methyl/N-ethyl adjacent to an activating group) is 1. The number of nitriles is 1. The molecule has 9 nitrogen and oxygen atoms in total. The number of carboxylic acids is 1. The van der Waals surface area contributed by atoms with Crippen LogP contribution >= 0.6 is 22.9 Å². The van der Waals surface area contributed by atoms with Gasteiger partial charge in [0, 0.05) is 34.3 Å². The third kappa shape index (κ3) is 5.52. The number of aryl methyl sites for hydroxylation is 1. The van der Waals surface area contributed by atoms with E-state index in [1.165, 1.54) is 15.9 Å². The number of hydrogen-bond acceptors (Lipinski definition) is 8. The highest BCUT2D eigenvalue weighted by Crippen LogP contribution is 2.39. The molecule has 0 atom stereocenters. The third-order valence-corrected chi connectivity index (χ3v) is 8.07. The van der Waals surface area contributed by atoms with Gasteiger partial charge >= 0.3 is 5.97 Å². The van der Waals surface area contributed by atoms with Crippen LogP contribution < -0.4 is 10.3 Å². The third-order valence-electron chi connectivity index (χ3n) is 6.83. The quantitative estimate of drug-likeness (QED) is 0.244. The lowest BCUT2D eigenvalue weighted by Crippen LogP contribution is -2.27. The number of fused-ring (bicyclic) bond motifs is 2. The molecule has 0 radical (unpaired) electrons. The SMILES string of the molecule is Cc1nc2ccc(CCN(C)C)c(C#N)c2c(=O)n1CCOc1ccc(Cl)cc1-c1ccnc2c(C(=O)O)csc12. The van der Waals surface area contributed by atoms with Crippen LogP contribution in [0.4, 0.5) is 0 Å². The van der Waals surface area contributed by atoms with E-state index in [9.17, 15) is 20.0 Å². The Kier molecular flexibility index (Phi) is 8.03. The lowest BCUT2D eigenvalue weighted by Gasteiger charge is -2.16. The molecule has 0 spiro atoms. The Balaban J connectivity index is 1.47. The van der Waals surface area contributed by atoms with E-state index < -0.39 is 5.97 Å². The molecular weight excluding hydrogens is 562 g/mol. The van der Waals surface area contributed by atoms with E-state index in [0.29, 0.717) is 55.3 Å². The summed E-state index contributed by atoms with van der Waals surface area (Å²) in [5.74, 6) is -0.00375.